The Labute approximate surface area is 175 Å². The zero-order valence-corrected chi connectivity index (χ0v) is 17.9. The molecule has 3 aliphatic heterocycles. The first-order valence-corrected chi connectivity index (χ1v) is 10.00. The van der Waals surface area contributed by atoms with Gasteiger partial charge in [0.1, 0.15) is 0 Å². The summed E-state index contributed by atoms with van der Waals surface area (Å²) in [5.74, 6) is 0.344. The van der Waals surface area contributed by atoms with Gasteiger partial charge in [-0.05, 0) is 62.6 Å². The summed E-state index contributed by atoms with van der Waals surface area (Å²) >= 11 is 0. The first kappa shape index (κ1) is 22.3. The van der Waals surface area contributed by atoms with Crippen LogP contribution in [-0.4, -0.2) is 49.6 Å². The molecule has 4 nitrogen and oxygen atoms in total. The molecule has 1 spiro atoms. The Kier molecular flexibility index (Phi) is 7.84. The molecule has 2 fully saturated rings. The maximum Gasteiger partial charge on any atom is 0.224 e. The van der Waals surface area contributed by atoms with Gasteiger partial charge in [-0.25, -0.2) is 0 Å². The smallest absolute Gasteiger partial charge is 0.224 e. The second-order valence-corrected chi connectivity index (χ2v) is 8.27. The van der Waals surface area contributed by atoms with Crippen LogP contribution in [0, 0.1) is 5.41 Å². The molecule has 27 heavy (non-hydrogen) atoms. The van der Waals surface area contributed by atoms with Crippen molar-refractivity contribution in [3.8, 4) is 0 Å². The third kappa shape index (κ3) is 4.72. The molecular weight excluding hydrogens is 381 g/mol. The summed E-state index contributed by atoms with van der Waals surface area (Å²) < 4.78 is 0. The van der Waals surface area contributed by atoms with E-state index in [0.717, 1.165) is 39.1 Å². The number of hydrogen-bond donors (Lipinski definition) is 1. The van der Waals surface area contributed by atoms with Crippen molar-refractivity contribution in [2.24, 2.45) is 5.41 Å². The van der Waals surface area contributed by atoms with Crippen molar-refractivity contribution >= 4 is 36.4 Å². The molecule has 0 aromatic heterocycles. The molecule has 1 N–H and O–H groups in total. The van der Waals surface area contributed by atoms with Gasteiger partial charge in [0.15, 0.2) is 0 Å². The van der Waals surface area contributed by atoms with E-state index in [4.69, 9.17) is 0 Å². The normalized spacial score (nSPS) is 23.4. The quantitative estimate of drug-likeness (QED) is 0.820. The van der Waals surface area contributed by atoms with Crippen molar-refractivity contribution < 1.29 is 4.79 Å². The minimum Gasteiger partial charge on any atom is -0.368 e. The number of para-hydroxylation sites is 1. The van der Waals surface area contributed by atoms with Gasteiger partial charge in [-0.1, -0.05) is 18.2 Å². The second kappa shape index (κ2) is 9.49. The summed E-state index contributed by atoms with van der Waals surface area (Å²) in [5, 5.41) is 3.50. The lowest BCUT2D eigenvalue weighted by atomic mass is 9.78. The third-order valence-electron chi connectivity index (χ3n) is 6.74. The van der Waals surface area contributed by atoms with E-state index in [9.17, 15) is 4.79 Å². The highest BCUT2D eigenvalue weighted by molar-refractivity contribution is 5.85. The third-order valence-corrected chi connectivity index (χ3v) is 6.74. The largest absolute Gasteiger partial charge is 0.368 e. The molecular formula is C21H33Cl2N3O. The van der Waals surface area contributed by atoms with Gasteiger partial charge < -0.3 is 15.1 Å². The number of halogens is 2. The van der Waals surface area contributed by atoms with Gasteiger partial charge in [-0.3, -0.25) is 4.79 Å². The predicted molar refractivity (Wildman–Crippen MR) is 116 cm³/mol. The van der Waals surface area contributed by atoms with E-state index in [1.807, 2.05) is 0 Å². The van der Waals surface area contributed by atoms with Gasteiger partial charge in [0.2, 0.25) is 5.91 Å². The summed E-state index contributed by atoms with van der Waals surface area (Å²) in [6.07, 6.45) is 6.62. The van der Waals surface area contributed by atoms with Crippen molar-refractivity contribution in [2.75, 3.05) is 37.6 Å². The van der Waals surface area contributed by atoms with Crippen molar-refractivity contribution in [3.05, 3.63) is 29.8 Å². The Morgan fingerprint density at radius 1 is 1.19 bits per heavy atom. The summed E-state index contributed by atoms with van der Waals surface area (Å²) in [7, 11) is 0. The molecule has 3 heterocycles. The molecule has 1 atom stereocenters. The van der Waals surface area contributed by atoms with Gasteiger partial charge in [0.25, 0.3) is 0 Å². The molecule has 152 valence electrons. The highest BCUT2D eigenvalue weighted by Gasteiger charge is 2.38. The Morgan fingerprint density at radius 3 is 2.63 bits per heavy atom. The topological polar surface area (TPSA) is 35.6 Å². The molecule has 2 saturated heterocycles. The predicted octanol–water partition coefficient (Wildman–Crippen LogP) is 3.66. The van der Waals surface area contributed by atoms with E-state index in [2.05, 4.69) is 46.3 Å². The number of nitrogens with zero attached hydrogens (tertiary/aromatic N) is 2. The highest BCUT2D eigenvalue weighted by atomic mass is 35.5. The standard InChI is InChI=1S/C21H31N3O.2ClH/c1-17-6-7-18-4-2-3-5-19(18)24(17)13-8-20(25)23-14-10-21(11-15-23)9-12-22-16-21;;/h2-5,17,22H,6-16H2,1H3;2*1H. The minimum atomic E-state index is 0. The summed E-state index contributed by atoms with van der Waals surface area (Å²) in [5.41, 5.74) is 3.25. The van der Waals surface area contributed by atoms with E-state index in [1.54, 1.807) is 0 Å². The molecule has 0 radical (unpaired) electrons. The van der Waals surface area contributed by atoms with Crippen LogP contribution in [0.25, 0.3) is 0 Å². The fourth-order valence-corrected chi connectivity index (χ4v) is 4.93. The van der Waals surface area contributed by atoms with Gasteiger partial charge in [0.05, 0.1) is 0 Å². The number of benzene rings is 1. The fraction of sp³-hybridized carbons (Fsp3) is 0.667. The van der Waals surface area contributed by atoms with Crippen LogP contribution in [0.4, 0.5) is 5.69 Å². The number of rotatable bonds is 3. The van der Waals surface area contributed by atoms with Crippen LogP contribution in [-0.2, 0) is 11.2 Å². The average Bonchev–Trinajstić information content (AvgIpc) is 3.09. The first-order chi connectivity index (χ1) is 12.2. The monoisotopic (exact) mass is 413 g/mol. The Bertz CT molecular complexity index is 624. The molecule has 0 saturated carbocycles. The molecule has 3 aliphatic rings. The number of hydrogen-bond acceptors (Lipinski definition) is 3. The number of carbonyl (C=O) groups excluding carboxylic acids is 1. The highest BCUT2D eigenvalue weighted by Crippen LogP contribution is 2.37. The van der Waals surface area contributed by atoms with E-state index in [1.165, 1.54) is 36.9 Å². The van der Waals surface area contributed by atoms with Crippen molar-refractivity contribution in [3.63, 3.8) is 0 Å². The van der Waals surface area contributed by atoms with Crippen LogP contribution in [0.3, 0.4) is 0 Å². The van der Waals surface area contributed by atoms with E-state index < -0.39 is 0 Å². The van der Waals surface area contributed by atoms with E-state index in [-0.39, 0.29) is 24.8 Å². The van der Waals surface area contributed by atoms with Crippen LogP contribution in [0.5, 0.6) is 0 Å². The van der Waals surface area contributed by atoms with Gasteiger partial charge in [-0.2, -0.15) is 0 Å². The number of carbonyl (C=O) groups is 1. The lowest BCUT2D eigenvalue weighted by Gasteiger charge is -2.40. The number of nitrogens with one attached hydrogen (secondary N) is 1. The number of aryl methyl sites for hydroxylation is 1. The second-order valence-electron chi connectivity index (χ2n) is 8.27. The lowest BCUT2D eigenvalue weighted by molar-refractivity contribution is -0.133. The SMILES string of the molecule is CC1CCc2ccccc2N1CCC(=O)N1CCC2(CCNC2)CC1.Cl.Cl. The number of amides is 1. The summed E-state index contributed by atoms with van der Waals surface area (Å²) in [6.45, 7) is 7.34. The van der Waals surface area contributed by atoms with Crippen LogP contribution < -0.4 is 10.2 Å². The average molecular weight is 414 g/mol. The van der Waals surface area contributed by atoms with Gasteiger partial charge >= 0.3 is 0 Å². The van der Waals surface area contributed by atoms with Gasteiger partial charge in [-0.15, -0.1) is 24.8 Å². The molecule has 0 bridgehead atoms. The molecule has 4 rings (SSSR count). The van der Waals surface area contributed by atoms with Crippen molar-refractivity contribution in [1.82, 2.24) is 10.2 Å². The minimum absolute atomic E-state index is 0. The molecule has 1 aromatic carbocycles. The summed E-state index contributed by atoms with van der Waals surface area (Å²) in [4.78, 5) is 17.3. The number of fused-ring (bicyclic) bond motifs is 1. The van der Waals surface area contributed by atoms with Crippen LogP contribution in [0.2, 0.25) is 0 Å². The van der Waals surface area contributed by atoms with Gasteiger partial charge in [0, 0.05) is 44.3 Å². The molecule has 0 aliphatic carbocycles. The van der Waals surface area contributed by atoms with E-state index >= 15 is 0 Å². The van der Waals surface area contributed by atoms with Crippen LogP contribution in [0.15, 0.2) is 24.3 Å². The fourth-order valence-electron chi connectivity index (χ4n) is 4.93. The number of likely N-dealkylation sites (tertiary alicyclic amines) is 1. The number of anilines is 1. The maximum absolute atomic E-state index is 12.7. The van der Waals surface area contributed by atoms with Crippen LogP contribution in [0.1, 0.15) is 44.6 Å². The maximum atomic E-state index is 12.7. The lowest BCUT2D eigenvalue weighted by Crippen LogP contribution is -2.45. The molecule has 1 aromatic rings. The van der Waals surface area contributed by atoms with Crippen LogP contribution >= 0.6 is 24.8 Å². The number of piperidine rings is 1. The zero-order chi connectivity index (χ0) is 17.3. The van der Waals surface area contributed by atoms with Crippen molar-refractivity contribution in [2.45, 2.75) is 51.5 Å². The Balaban J connectivity index is 0.00000131. The molecule has 6 heteroatoms. The molecule has 1 amide bonds. The molecule has 1 unspecified atom stereocenters. The Morgan fingerprint density at radius 2 is 1.93 bits per heavy atom. The summed E-state index contributed by atoms with van der Waals surface area (Å²) in [6, 6.07) is 9.21. The van der Waals surface area contributed by atoms with Crippen molar-refractivity contribution in [1.29, 1.82) is 0 Å². The first-order valence-electron chi connectivity index (χ1n) is 10.00. The Hall–Kier alpha value is -0.970. The van der Waals surface area contributed by atoms with E-state index in [0.29, 0.717) is 23.8 Å². The zero-order valence-electron chi connectivity index (χ0n) is 16.3.